The van der Waals surface area contributed by atoms with Crippen molar-refractivity contribution in [3.8, 4) is 0 Å². The maximum Gasteiger partial charge on any atom is 0.322 e. The highest BCUT2D eigenvalue weighted by molar-refractivity contribution is 7.84. The molecule has 0 spiro atoms. The van der Waals surface area contributed by atoms with Gasteiger partial charge in [-0.15, -0.1) is 0 Å². The lowest BCUT2D eigenvalue weighted by Gasteiger charge is -2.23. The van der Waals surface area contributed by atoms with Crippen LogP contribution in [0.25, 0.3) is 0 Å². The molecule has 5 nitrogen and oxygen atoms in total. The smallest absolute Gasteiger partial charge is 0.322 e. The first-order chi connectivity index (χ1) is 9.52. The fraction of sp³-hybridized carbons (Fsp3) is 0.462. The van der Waals surface area contributed by atoms with Crippen LogP contribution in [0.4, 0.5) is 14.9 Å². The molecule has 0 bridgehead atoms. The molecule has 1 aromatic carbocycles. The Morgan fingerprint density at radius 3 is 2.95 bits per heavy atom. The average molecular weight is 300 g/mol. The highest BCUT2D eigenvalue weighted by Gasteiger charge is 2.28. The first-order valence-electron chi connectivity index (χ1n) is 6.34. The average Bonchev–Trinajstić information content (AvgIpc) is 2.86. The van der Waals surface area contributed by atoms with Crippen LogP contribution in [0, 0.1) is 5.82 Å². The van der Waals surface area contributed by atoms with E-state index in [9.17, 15) is 18.5 Å². The Balaban J connectivity index is 2.08. The third-order valence-electron chi connectivity index (χ3n) is 3.34. The molecule has 1 fully saturated rings. The van der Waals surface area contributed by atoms with Crippen molar-refractivity contribution in [3.05, 3.63) is 24.0 Å². The first kappa shape index (κ1) is 14.9. The number of benzene rings is 1. The number of likely N-dealkylation sites (tertiary alicyclic amines) is 1. The molecule has 0 aliphatic carbocycles. The summed E-state index contributed by atoms with van der Waals surface area (Å²) < 4.78 is 24.9. The Bertz CT molecular complexity index is 538. The monoisotopic (exact) mass is 300 g/mol. The number of halogens is 1. The van der Waals surface area contributed by atoms with Crippen LogP contribution in [0.1, 0.15) is 12.8 Å². The molecule has 1 aliphatic rings. The zero-order valence-electron chi connectivity index (χ0n) is 11.1. The number of anilines is 1. The summed E-state index contributed by atoms with van der Waals surface area (Å²) in [5.74, 6) is -0.608. The van der Waals surface area contributed by atoms with Gasteiger partial charge in [-0.1, -0.05) is 0 Å². The molecule has 1 saturated heterocycles. The number of aliphatic hydroxyl groups excluding tert-OH is 1. The lowest BCUT2D eigenvalue weighted by Crippen LogP contribution is -2.40. The lowest BCUT2D eigenvalue weighted by molar-refractivity contribution is 0.166. The van der Waals surface area contributed by atoms with Crippen molar-refractivity contribution in [2.24, 2.45) is 0 Å². The molecule has 1 heterocycles. The summed E-state index contributed by atoms with van der Waals surface area (Å²) in [6, 6.07) is 3.53. The Kier molecular flexibility index (Phi) is 4.72. The van der Waals surface area contributed by atoms with Crippen molar-refractivity contribution in [2.75, 3.05) is 24.7 Å². The zero-order chi connectivity index (χ0) is 14.7. The summed E-state index contributed by atoms with van der Waals surface area (Å²) in [5, 5.41) is 11.8. The van der Waals surface area contributed by atoms with Gasteiger partial charge in [0.25, 0.3) is 0 Å². The number of nitrogens with zero attached hydrogens (tertiary/aromatic N) is 1. The van der Waals surface area contributed by atoms with Gasteiger partial charge in [-0.05, 0) is 31.0 Å². The van der Waals surface area contributed by atoms with E-state index in [1.54, 1.807) is 4.90 Å². The standard InChI is InChI=1S/C13H17FN2O3S/c1-20(19)12-5-4-9(7-11(12)14)15-13(18)16-6-2-3-10(16)8-17/h4-5,7,10,17H,2-3,6,8H2,1H3,(H,15,18). The number of amides is 2. The molecule has 20 heavy (non-hydrogen) atoms. The van der Waals surface area contributed by atoms with Gasteiger partial charge in [0, 0.05) is 18.5 Å². The molecule has 0 saturated carbocycles. The maximum atomic E-state index is 13.7. The van der Waals surface area contributed by atoms with Gasteiger partial charge >= 0.3 is 6.03 Å². The molecule has 0 radical (unpaired) electrons. The van der Waals surface area contributed by atoms with Crippen LogP contribution in [0.3, 0.4) is 0 Å². The predicted molar refractivity (Wildman–Crippen MR) is 74.6 cm³/mol. The summed E-state index contributed by atoms with van der Waals surface area (Å²) in [6.45, 7) is 0.506. The van der Waals surface area contributed by atoms with Gasteiger partial charge in [0.1, 0.15) is 5.82 Å². The number of aliphatic hydroxyl groups is 1. The fourth-order valence-electron chi connectivity index (χ4n) is 2.30. The van der Waals surface area contributed by atoms with E-state index in [4.69, 9.17) is 0 Å². The van der Waals surface area contributed by atoms with Gasteiger partial charge in [0.05, 0.1) is 28.3 Å². The minimum Gasteiger partial charge on any atom is -0.394 e. The normalized spacial score (nSPS) is 19.9. The van der Waals surface area contributed by atoms with Crippen LogP contribution in [0.15, 0.2) is 23.1 Å². The molecule has 2 rings (SSSR count). The van der Waals surface area contributed by atoms with Gasteiger partial charge in [0.15, 0.2) is 0 Å². The highest BCUT2D eigenvalue weighted by atomic mass is 32.2. The largest absolute Gasteiger partial charge is 0.394 e. The number of hydrogen-bond donors (Lipinski definition) is 2. The highest BCUT2D eigenvalue weighted by Crippen LogP contribution is 2.20. The van der Waals surface area contributed by atoms with Crippen LogP contribution >= 0.6 is 0 Å². The Morgan fingerprint density at radius 2 is 2.35 bits per heavy atom. The van der Waals surface area contributed by atoms with Gasteiger partial charge in [0.2, 0.25) is 0 Å². The molecule has 1 aliphatic heterocycles. The van der Waals surface area contributed by atoms with E-state index < -0.39 is 16.6 Å². The van der Waals surface area contributed by atoms with Crippen molar-refractivity contribution in [1.29, 1.82) is 0 Å². The van der Waals surface area contributed by atoms with E-state index in [1.807, 2.05) is 0 Å². The maximum absolute atomic E-state index is 13.7. The molecule has 110 valence electrons. The van der Waals surface area contributed by atoms with E-state index in [-0.39, 0.29) is 23.6 Å². The SMILES string of the molecule is CS(=O)c1ccc(NC(=O)N2CCCC2CO)cc1F. The van der Waals surface area contributed by atoms with E-state index in [1.165, 1.54) is 18.4 Å². The van der Waals surface area contributed by atoms with Crippen LogP contribution in [-0.4, -0.2) is 45.7 Å². The summed E-state index contributed by atoms with van der Waals surface area (Å²) >= 11 is 0. The van der Waals surface area contributed by atoms with Crippen molar-refractivity contribution in [1.82, 2.24) is 4.90 Å². The lowest BCUT2D eigenvalue weighted by atomic mass is 10.2. The van der Waals surface area contributed by atoms with Gasteiger partial charge in [-0.2, -0.15) is 0 Å². The number of carbonyl (C=O) groups is 1. The molecule has 2 unspecified atom stereocenters. The van der Waals surface area contributed by atoms with Gasteiger partial charge < -0.3 is 15.3 Å². The third kappa shape index (κ3) is 3.16. The van der Waals surface area contributed by atoms with Crippen LogP contribution in [0.5, 0.6) is 0 Å². The van der Waals surface area contributed by atoms with Crippen molar-refractivity contribution < 1.29 is 18.5 Å². The van der Waals surface area contributed by atoms with Crippen molar-refractivity contribution in [2.45, 2.75) is 23.8 Å². The molecule has 7 heteroatoms. The second kappa shape index (κ2) is 6.32. The fourth-order valence-corrected chi connectivity index (χ4v) is 2.89. The van der Waals surface area contributed by atoms with Crippen LogP contribution in [0.2, 0.25) is 0 Å². The number of rotatable bonds is 3. The molecular formula is C13H17FN2O3S. The van der Waals surface area contributed by atoms with E-state index in [0.717, 1.165) is 18.9 Å². The quantitative estimate of drug-likeness (QED) is 0.890. The predicted octanol–water partition coefficient (Wildman–Crippen LogP) is 1.55. The molecular weight excluding hydrogens is 283 g/mol. The summed E-state index contributed by atoms with van der Waals surface area (Å²) in [7, 11) is -1.40. The Morgan fingerprint density at radius 1 is 1.60 bits per heavy atom. The van der Waals surface area contributed by atoms with E-state index >= 15 is 0 Å². The Labute approximate surface area is 119 Å². The van der Waals surface area contributed by atoms with Crippen molar-refractivity contribution in [3.63, 3.8) is 0 Å². The van der Waals surface area contributed by atoms with Crippen LogP contribution < -0.4 is 5.32 Å². The molecule has 2 N–H and O–H groups in total. The first-order valence-corrected chi connectivity index (χ1v) is 7.90. The topological polar surface area (TPSA) is 69.6 Å². The number of hydrogen-bond acceptors (Lipinski definition) is 3. The molecule has 2 atom stereocenters. The number of urea groups is 1. The minimum absolute atomic E-state index is 0.0739. The Hall–Kier alpha value is -1.47. The minimum atomic E-state index is -1.40. The number of carbonyl (C=O) groups excluding carboxylic acids is 1. The number of nitrogens with one attached hydrogen (secondary N) is 1. The van der Waals surface area contributed by atoms with Crippen molar-refractivity contribution >= 4 is 22.5 Å². The zero-order valence-corrected chi connectivity index (χ0v) is 12.0. The van der Waals surface area contributed by atoms with E-state index in [0.29, 0.717) is 12.2 Å². The third-order valence-corrected chi connectivity index (χ3v) is 4.29. The van der Waals surface area contributed by atoms with E-state index in [2.05, 4.69) is 5.32 Å². The summed E-state index contributed by atoms with van der Waals surface area (Å²) in [4.78, 5) is 13.7. The van der Waals surface area contributed by atoms with Gasteiger partial charge in [-0.25, -0.2) is 9.18 Å². The summed E-state index contributed by atoms with van der Waals surface area (Å²) in [5.41, 5.74) is 0.310. The van der Waals surface area contributed by atoms with Gasteiger partial charge in [-0.3, -0.25) is 4.21 Å². The second-order valence-electron chi connectivity index (χ2n) is 4.70. The second-order valence-corrected chi connectivity index (χ2v) is 6.05. The molecule has 0 aromatic heterocycles. The molecule has 2 amide bonds. The molecule has 1 aromatic rings. The van der Waals surface area contributed by atoms with Crippen LogP contribution in [-0.2, 0) is 10.8 Å². The summed E-state index contributed by atoms with van der Waals surface area (Å²) in [6.07, 6.45) is 3.01.